The molecule has 1 aliphatic heterocycles. The number of hydrogen-bond donors (Lipinski definition) is 0. The van der Waals surface area contributed by atoms with E-state index in [2.05, 4.69) is 0 Å². The van der Waals surface area contributed by atoms with Gasteiger partial charge in [0.2, 0.25) is 5.91 Å². The van der Waals surface area contributed by atoms with Crippen LogP contribution in [0.15, 0.2) is 12.1 Å². The molecule has 7 heteroatoms. The normalized spacial score (nSPS) is 17.0. The summed E-state index contributed by atoms with van der Waals surface area (Å²) in [5.74, 6) is 0.165. The molecule has 21 heavy (non-hydrogen) atoms. The lowest BCUT2D eigenvalue weighted by Gasteiger charge is -2.24. The predicted octanol–water partition coefficient (Wildman–Crippen LogP) is 1.44. The van der Waals surface area contributed by atoms with E-state index in [1.807, 2.05) is 21.0 Å². The van der Waals surface area contributed by atoms with Gasteiger partial charge in [-0.15, -0.1) is 0 Å². The largest absolute Gasteiger partial charge is 0.490 e. The van der Waals surface area contributed by atoms with Crippen molar-refractivity contribution in [3.05, 3.63) is 27.8 Å². The lowest BCUT2D eigenvalue weighted by atomic mass is 10.1. The smallest absolute Gasteiger partial charge is 0.313 e. The third-order valence-corrected chi connectivity index (χ3v) is 3.51. The summed E-state index contributed by atoms with van der Waals surface area (Å²) < 4.78 is 5.07. The Balaban J connectivity index is 2.45. The molecule has 1 aromatic carbocycles. The Hall–Kier alpha value is -2.15. The van der Waals surface area contributed by atoms with Gasteiger partial charge in [0.15, 0.2) is 5.75 Å². The molecular weight excluding hydrogens is 274 g/mol. The van der Waals surface area contributed by atoms with Crippen LogP contribution in [-0.4, -0.2) is 49.5 Å². The molecule has 0 aromatic heterocycles. The molecule has 1 atom stereocenters. The van der Waals surface area contributed by atoms with Crippen molar-refractivity contribution in [2.45, 2.75) is 19.4 Å². The number of carbonyl (C=O) groups excluding carboxylic acids is 1. The first-order chi connectivity index (χ1) is 9.85. The van der Waals surface area contributed by atoms with Gasteiger partial charge in [-0.1, -0.05) is 0 Å². The van der Waals surface area contributed by atoms with Crippen LogP contribution in [0.2, 0.25) is 0 Å². The van der Waals surface area contributed by atoms with Crippen LogP contribution in [-0.2, 0) is 11.2 Å². The highest BCUT2D eigenvalue weighted by atomic mass is 16.6. The lowest BCUT2D eigenvalue weighted by Crippen LogP contribution is -2.41. The van der Waals surface area contributed by atoms with E-state index in [9.17, 15) is 14.9 Å². The van der Waals surface area contributed by atoms with Crippen LogP contribution < -0.4 is 9.64 Å². The molecule has 0 radical (unpaired) electrons. The molecule has 0 spiro atoms. The molecule has 1 amide bonds. The van der Waals surface area contributed by atoms with Gasteiger partial charge in [0, 0.05) is 12.1 Å². The Morgan fingerprint density at radius 1 is 1.52 bits per heavy atom. The van der Waals surface area contributed by atoms with Crippen molar-refractivity contribution in [2.75, 3.05) is 32.6 Å². The summed E-state index contributed by atoms with van der Waals surface area (Å²) in [5.41, 5.74) is 1.40. The molecule has 0 saturated heterocycles. The highest BCUT2D eigenvalue weighted by Crippen LogP contribution is 2.40. The van der Waals surface area contributed by atoms with E-state index in [-0.39, 0.29) is 29.9 Å². The number of nitro benzene ring substituents is 1. The second kappa shape index (κ2) is 5.69. The first-order valence-electron chi connectivity index (χ1n) is 6.67. The average molecular weight is 293 g/mol. The SMILES string of the molecule is COc1cc2c(cc1[N+](=O)[O-])N(C(=O)CN(C)C)C(C)C2. The van der Waals surface area contributed by atoms with Gasteiger partial charge in [-0.3, -0.25) is 14.9 Å². The van der Waals surface area contributed by atoms with Gasteiger partial charge in [-0.25, -0.2) is 0 Å². The number of carbonyl (C=O) groups is 1. The van der Waals surface area contributed by atoms with E-state index < -0.39 is 4.92 Å². The Morgan fingerprint density at radius 3 is 2.71 bits per heavy atom. The second-order valence-corrected chi connectivity index (χ2v) is 5.46. The number of hydrogen-bond acceptors (Lipinski definition) is 5. The van der Waals surface area contributed by atoms with E-state index in [0.717, 1.165) is 5.56 Å². The van der Waals surface area contributed by atoms with Gasteiger partial charge in [0.25, 0.3) is 0 Å². The average Bonchev–Trinajstić information content (AvgIpc) is 2.70. The van der Waals surface area contributed by atoms with Gasteiger partial charge in [-0.2, -0.15) is 0 Å². The Labute approximate surface area is 123 Å². The van der Waals surface area contributed by atoms with E-state index in [1.54, 1.807) is 15.9 Å². The molecule has 1 unspecified atom stereocenters. The van der Waals surface area contributed by atoms with Crippen LogP contribution in [0.25, 0.3) is 0 Å². The summed E-state index contributed by atoms with van der Waals surface area (Å²) in [6.07, 6.45) is 0.670. The molecule has 0 aliphatic carbocycles. The monoisotopic (exact) mass is 293 g/mol. The van der Waals surface area contributed by atoms with Crippen LogP contribution in [0.4, 0.5) is 11.4 Å². The van der Waals surface area contributed by atoms with Crippen molar-refractivity contribution in [3.63, 3.8) is 0 Å². The number of nitrogens with zero attached hydrogens (tertiary/aromatic N) is 3. The molecule has 0 N–H and O–H groups in total. The number of likely N-dealkylation sites (N-methyl/N-ethyl adjacent to an activating group) is 1. The summed E-state index contributed by atoms with van der Waals surface area (Å²) in [5, 5.41) is 11.1. The van der Waals surface area contributed by atoms with Gasteiger partial charge < -0.3 is 14.5 Å². The first-order valence-corrected chi connectivity index (χ1v) is 6.67. The van der Waals surface area contributed by atoms with Crippen molar-refractivity contribution in [1.29, 1.82) is 0 Å². The first kappa shape index (κ1) is 15.2. The molecule has 114 valence electrons. The summed E-state index contributed by atoms with van der Waals surface area (Å²) >= 11 is 0. The number of amides is 1. The molecule has 7 nitrogen and oxygen atoms in total. The van der Waals surface area contributed by atoms with Gasteiger partial charge >= 0.3 is 5.69 Å². The number of rotatable bonds is 4. The fourth-order valence-electron chi connectivity index (χ4n) is 2.67. The molecule has 1 aliphatic rings. The molecule has 0 fully saturated rings. The van der Waals surface area contributed by atoms with E-state index >= 15 is 0 Å². The second-order valence-electron chi connectivity index (χ2n) is 5.46. The number of methoxy groups -OCH3 is 1. The van der Waals surface area contributed by atoms with Crippen LogP contribution in [0.5, 0.6) is 5.75 Å². The van der Waals surface area contributed by atoms with Crippen molar-refractivity contribution >= 4 is 17.3 Å². The number of fused-ring (bicyclic) bond motifs is 1. The number of ether oxygens (including phenoxy) is 1. The third kappa shape index (κ3) is 2.82. The van der Waals surface area contributed by atoms with Gasteiger partial charge in [0.1, 0.15) is 0 Å². The Kier molecular flexibility index (Phi) is 4.13. The fraction of sp³-hybridized carbons (Fsp3) is 0.500. The van der Waals surface area contributed by atoms with Crippen molar-refractivity contribution in [3.8, 4) is 5.75 Å². The zero-order valence-corrected chi connectivity index (χ0v) is 12.6. The third-order valence-electron chi connectivity index (χ3n) is 3.51. The topological polar surface area (TPSA) is 75.9 Å². The number of anilines is 1. The van der Waals surface area contributed by atoms with Gasteiger partial charge in [0.05, 0.1) is 24.3 Å². The molecule has 1 aromatic rings. The summed E-state index contributed by atoms with van der Waals surface area (Å²) in [6, 6.07) is 3.08. The standard InChI is InChI=1S/C14H19N3O4/c1-9-5-10-6-13(21-4)12(17(19)20)7-11(10)16(9)14(18)8-15(2)3/h6-7,9H,5,8H2,1-4H3. The van der Waals surface area contributed by atoms with Crippen molar-refractivity contribution in [1.82, 2.24) is 4.90 Å². The number of nitro groups is 1. The molecule has 0 bridgehead atoms. The van der Waals surface area contributed by atoms with Crippen molar-refractivity contribution in [2.24, 2.45) is 0 Å². The summed E-state index contributed by atoms with van der Waals surface area (Å²) in [6.45, 7) is 2.20. The quantitative estimate of drug-likeness (QED) is 0.620. The maximum Gasteiger partial charge on any atom is 0.313 e. The van der Waals surface area contributed by atoms with E-state index in [1.165, 1.54) is 13.2 Å². The molecule has 0 saturated carbocycles. The fourth-order valence-corrected chi connectivity index (χ4v) is 2.67. The Bertz CT molecular complexity index is 586. The zero-order valence-electron chi connectivity index (χ0n) is 12.6. The molecule has 1 heterocycles. The summed E-state index contributed by atoms with van der Waals surface area (Å²) in [4.78, 5) is 26.4. The van der Waals surface area contributed by atoms with E-state index in [4.69, 9.17) is 4.74 Å². The maximum atomic E-state index is 12.3. The van der Waals surface area contributed by atoms with E-state index in [0.29, 0.717) is 12.1 Å². The predicted molar refractivity (Wildman–Crippen MR) is 78.9 cm³/mol. The number of benzene rings is 1. The van der Waals surface area contributed by atoms with Crippen LogP contribution >= 0.6 is 0 Å². The zero-order chi connectivity index (χ0) is 15.7. The summed E-state index contributed by atoms with van der Waals surface area (Å²) in [7, 11) is 5.04. The maximum absolute atomic E-state index is 12.3. The molecule has 2 rings (SSSR count). The lowest BCUT2D eigenvalue weighted by molar-refractivity contribution is -0.385. The minimum absolute atomic E-state index is 0.0147. The Morgan fingerprint density at radius 2 is 2.19 bits per heavy atom. The highest BCUT2D eigenvalue weighted by Gasteiger charge is 2.34. The highest BCUT2D eigenvalue weighted by molar-refractivity contribution is 5.98. The minimum Gasteiger partial charge on any atom is -0.490 e. The minimum atomic E-state index is -0.489. The van der Waals surface area contributed by atoms with Crippen LogP contribution in [0, 0.1) is 10.1 Å². The molecular formula is C14H19N3O4. The van der Waals surface area contributed by atoms with Crippen LogP contribution in [0.3, 0.4) is 0 Å². The van der Waals surface area contributed by atoms with Crippen molar-refractivity contribution < 1.29 is 14.5 Å². The van der Waals surface area contributed by atoms with Crippen LogP contribution in [0.1, 0.15) is 12.5 Å². The van der Waals surface area contributed by atoms with Gasteiger partial charge in [-0.05, 0) is 39.1 Å².